The first kappa shape index (κ1) is 9.59. The lowest BCUT2D eigenvalue weighted by Crippen LogP contribution is -2.42. The van der Waals surface area contributed by atoms with E-state index in [1.54, 1.807) is 0 Å². The number of hydrogen-bond donors (Lipinski definition) is 1. The van der Waals surface area contributed by atoms with E-state index in [1.807, 2.05) is 0 Å². The van der Waals surface area contributed by atoms with Crippen LogP contribution in [0.3, 0.4) is 0 Å². The predicted molar refractivity (Wildman–Crippen MR) is 47.6 cm³/mol. The summed E-state index contributed by atoms with van der Waals surface area (Å²) in [5.74, 6) is 2.02. The van der Waals surface area contributed by atoms with Crippen molar-refractivity contribution in [2.45, 2.75) is 6.42 Å². The fourth-order valence-corrected chi connectivity index (χ4v) is 1.11. The highest BCUT2D eigenvalue weighted by atomic mass is 19.1. The smallest absolute Gasteiger partial charge is 0.318 e. The van der Waals surface area contributed by atoms with Crippen molar-refractivity contribution in [1.29, 1.82) is 0 Å². The van der Waals surface area contributed by atoms with Crippen LogP contribution in [0.2, 0.25) is 0 Å². The Hall–Kier alpha value is -1.50. The summed E-state index contributed by atoms with van der Waals surface area (Å²) in [5, 5.41) is 2.48. The maximum Gasteiger partial charge on any atom is 0.318 e. The standard InChI is InChI=1S/C9H11FN2O/c1-2-5-11-9(13)12-6-3-4-8(10)7-12/h1,4H,3,5-7H2,(H,11,13). The van der Waals surface area contributed by atoms with Crippen molar-refractivity contribution in [3.8, 4) is 12.3 Å². The number of carbonyl (C=O) groups is 1. The van der Waals surface area contributed by atoms with E-state index >= 15 is 0 Å². The average Bonchev–Trinajstić information content (AvgIpc) is 2.14. The number of halogens is 1. The van der Waals surface area contributed by atoms with Gasteiger partial charge in [0.25, 0.3) is 0 Å². The van der Waals surface area contributed by atoms with Crippen LogP contribution >= 0.6 is 0 Å². The summed E-state index contributed by atoms with van der Waals surface area (Å²) in [4.78, 5) is 12.6. The molecule has 3 nitrogen and oxygen atoms in total. The van der Waals surface area contributed by atoms with Gasteiger partial charge in [0.15, 0.2) is 0 Å². The minimum absolute atomic E-state index is 0.0520. The second kappa shape index (κ2) is 4.51. The van der Waals surface area contributed by atoms with E-state index in [-0.39, 0.29) is 24.9 Å². The summed E-state index contributed by atoms with van der Waals surface area (Å²) < 4.78 is 12.7. The number of nitrogens with one attached hydrogen (secondary N) is 1. The van der Waals surface area contributed by atoms with Gasteiger partial charge in [-0.1, -0.05) is 5.92 Å². The van der Waals surface area contributed by atoms with Gasteiger partial charge < -0.3 is 10.2 Å². The van der Waals surface area contributed by atoms with Gasteiger partial charge in [-0.05, 0) is 12.5 Å². The maximum absolute atomic E-state index is 12.7. The molecule has 0 aromatic heterocycles. The summed E-state index contributed by atoms with van der Waals surface area (Å²) in [6.07, 6.45) is 7.02. The monoisotopic (exact) mass is 182 g/mol. The summed E-state index contributed by atoms with van der Waals surface area (Å²) in [6.45, 7) is 0.779. The molecule has 0 aliphatic carbocycles. The summed E-state index contributed by atoms with van der Waals surface area (Å²) >= 11 is 0. The Bertz CT molecular complexity index is 267. The van der Waals surface area contributed by atoms with Crippen LogP contribution in [0.1, 0.15) is 6.42 Å². The van der Waals surface area contributed by atoms with Crippen LogP contribution in [0.25, 0.3) is 0 Å². The molecule has 0 unspecified atom stereocenters. The molecule has 0 radical (unpaired) electrons. The van der Waals surface area contributed by atoms with Crippen molar-refractivity contribution < 1.29 is 9.18 Å². The highest BCUT2D eigenvalue weighted by Crippen LogP contribution is 2.09. The van der Waals surface area contributed by atoms with Crippen LogP contribution in [0.4, 0.5) is 9.18 Å². The van der Waals surface area contributed by atoms with Crippen LogP contribution in [0.15, 0.2) is 11.9 Å². The van der Waals surface area contributed by atoms with Gasteiger partial charge in [-0.2, -0.15) is 0 Å². The molecular formula is C9H11FN2O. The quantitative estimate of drug-likeness (QED) is 0.600. The van der Waals surface area contributed by atoms with Gasteiger partial charge in [0.2, 0.25) is 0 Å². The Morgan fingerprint density at radius 3 is 3.23 bits per heavy atom. The zero-order chi connectivity index (χ0) is 9.68. The number of nitrogens with zero attached hydrogens (tertiary/aromatic N) is 1. The minimum Gasteiger partial charge on any atom is -0.327 e. The van der Waals surface area contributed by atoms with Crippen molar-refractivity contribution >= 4 is 6.03 Å². The molecule has 0 saturated carbocycles. The van der Waals surface area contributed by atoms with Crippen molar-refractivity contribution in [2.75, 3.05) is 19.6 Å². The Kier molecular flexibility index (Phi) is 3.32. The number of urea groups is 1. The summed E-state index contributed by atoms with van der Waals surface area (Å²) in [7, 11) is 0. The van der Waals surface area contributed by atoms with Crippen LogP contribution in [0.5, 0.6) is 0 Å². The summed E-state index contributed by atoms with van der Waals surface area (Å²) in [5.41, 5.74) is 0. The van der Waals surface area contributed by atoms with Crippen LogP contribution < -0.4 is 5.32 Å². The van der Waals surface area contributed by atoms with Gasteiger partial charge in [-0.15, -0.1) is 6.42 Å². The molecule has 1 aliphatic heterocycles. The lowest BCUT2D eigenvalue weighted by atomic mass is 10.2. The molecule has 13 heavy (non-hydrogen) atoms. The average molecular weight is 182 g/mol. The fourth-order valence-electron chi connectivity index (χ4n) is 1.11. The molecule has 1 N–H and O–H groups in total. The third kappa shape index (κ3) is 2.79. The van der Waals surface area contributed by atoms with Crippen LogP contribution in [0, 0.1) is 12.3 Å². The molecular weight excluding hydrogens is 171 g/mol. The fraction of sp³-hybridized carbons (Fsp3) is 0.444. The van der Waals surface area contributed by atoms with Gasteiger partial charge in [0.05, 0.1) is 13.1 Å². The number of amides is 2. The predicted octanol–water partition coefficient (Wildman–Crippen LogP) is 0.888. The largest absolute Gasteiger partial charge is 0.327 e. The molecule has 1 heterocycles. The highest BCUT2D eigenvalue weighted by molar-refractivity contribution is 5.74. The molecule has 4 heteroatoms. The third-order valence-corrected chi connectivity index (χ3v) is 1.74. The van der Waals surface area contributed by atoms with Gasteiger partial charge in [-0.25, -0.2) is 9.18 Å². The van der Waals surface area contributed by atoms with Crippen molar-refractivity contribution in [3.63, 3.8) is 0 Å². The molecule has 1 aliphatic rings. The maximum atomic E-state index is 12.7. The van der Waals surface area contributed by atoms with Gasteiger partial charge in [0, 0.05) is 6.54 Å². The Morgan fingerprint density at radius 1 is 1.85 bits per heavy atom. The number of hydrogen-bond acceptors (Lipinski definition) is 1. The molecule has 2 amide bonds. The topological polar surface area (TPSA) is 32.3 Å². The van der Waals surface area contributed by atoms with Crippen molar-refractivity contribution in [2.24, 2.45) is 0 Å². The van der Waals surface area contributed by atoms with Crippen molar-refractivity contribution in [3.05, 3.63) is 11.9 Å². The van der Waals surface area contributed by atoms with E-state index < -0.39 is 0 Å². The number of terminal acetylenes is 1. The van der Waals surface area contributed by atoms with Crippen molar-refractivity contribution in [1.82, 2.24) is 10.2 Å². The first-order valence-corrected chi connectivity index (χ1v) is 4.05. The zero-order valence-corrected chi connectivity index (χ0v) is 7.22. The third-order valence-electron chi connectivity index (χ3n) is 1.74. The molecule has 70 valence electrons. The second-order valence-electron chi connectivity index (χ2n) is 2.72. The SMILES string of the molecule is C#CCNC(=O)N1CCC=C(F)C1. The lowest BCUT2D eigenvalue weighted by Gasteiger charge is -2.24. The Balaban J connectivity index is 2.40. The van der Waals surface area contributed by atoms with Gasteiger partial charge in [0.1, 0.15) is 5.83 Å². The molecule has 1 rings (SSSR count). The normalized spacial score (nSPS) is 16.0. The molecule has 0 aromatic rings. The van der Waals surface area contributed by atoms with Crippen LogP contribution in [-0.4, -0.2) is 30.6 Å². The van der Waals surface area contributed by atoms with Gasteiger partial charge in [-0.3, -0.25) is 0 Å². The molecule has 0 bridgehead atoms. The Morgan fingerprint density at radius 2 is 2.62 bits per heavy atom. The zero-order valence-electron chi connectivity index (χ0n) is 7.22. The molecule has 0 atom stereocenters. The molecule has 0 saturated heterocycles. The molecule has 0 fully saturated rings. The van der Waals surface area contributed by atoms with E-state index in [0.717, 1.165) is 0 Å². The van der Waals surface area contributed by atoms with E-state index in [1.165, 1.54) is 11.0 Å². The highest BCUT2D eigenvalue weighted by Gasteiger charge is 2.16. The molecule has 0 aromatic carbocycles. The number of rotatable bonds is 1. The summed E-state index contributed by atoms with van der Waals surface area (Å²) in [6, 6.07) is -0.304. The Labute approximate surface area is 76.6 Å². The second-order valence-corrected chi connectivity index (χ2v) is 2.72. The first-order chi connectivity index (χ1) is 6.24. The van der Waals surface area contributed by atoms with E-state index in [0.29, 0.717) is 13.0 Å². The lowest BCUT2D eigenvalue weighted by molar-refractivity contribution is 0.198. The van der Waals surface area contributed by atoms with Crippen LogP contribution in [-0.2, 0) is 0 Å². The van der Waals surface area contributed by atoms with E-state index in [2.05, 4.69) is 11.2 Å². The molecule has 0 spiro atoms. The van der Waals surface area contributed by atoms with E-state index in [9.17, 15) is 9.18 Å². The number of carbonyl (C=O) groups excluding carboxylic acids is 1. The first-order valence-electron chi connectivity index (χ1n) is 4.05. The minimum atomic E-state index is -0.304. The van der Waals surface area contributed by atoms with Gasteiger partial charge >= 0.3 is 6.03 Å². The van der Waals surface area contributed by atoms with E-state index in [4.69, 9.17) is 6.42 Å².